The summed E-state index contributed by atoms with van der Waals surface area (Å²) in [7, 11) is -3.78. The molecule has 13 heteroatoms. The Labute approximate surface area is 216 Å². The normalized spacial score (nSPS) is 20.4. The first kappa shape index (κ1) is 23.4. The summed E-state index contributed by atoms with van der Waals surface area (Å²) in [5.74, 6) is 2.06. The number of piperidine rings is 1. The Kier molecular flexibility index (Phi) is 6.13. The molecule has 1 aliphatic carbocycles. The maximum atomic E-state index is 13.1. The fourth-order valence-electron chi connectivity index (χ4n) is 4.52. The number of fused-ring (bicyclic) bond motifs is 2. The largest absolute Gasteiger partial charge is 0.493 e. The number of aromatic nitrogens is 4. The summed E-state index contributed by atoms with van der Waals surface area (Å²) < 4.78 is 48.4. The molecule has 0 radical (unpaired) electrons. The van der Waals surface area contributed by atoms with Gasteiger partial charge >= 0.3 is 16.2 Å². The molecule has 0 amide bonds. The van der Waals surface area contributed by atoms with E-state index >= 15 is 0 Å². The van der Waals surface area contributed by atoms with E-state index < -0.39 is 10.2 Å². The highest BCUT2D eigenvalue weighted by atomic mass is 79.9. The Balaban J connectivity index is 1.25. The van der Waals surface area contributed by atoms with Crippen molar-refractivity contribution in [2.24, 2.45) is 11.8 Å². The monoisotopic (exact) mass is 574 g/mol. The van der Waals surface area contributed by atoms with Crippen LogP contribution in [0.2, 0.25) is 0 Å². The zero-order valence-corrected chi connectivity index (χ0v) is 21.5. The lowest BCUT2D eigenvalue weighted by Crippen LogP contribution is -2.35. The molecular formula is C23H23BrN6O5S. The van der Waals surface area contributed by atoms with E-state index in [0.29, 0.717) is 42.7 Å². The minimum Gasteiger partial charge on any atom is -0.493 e. The van der Waals surface area contributed by atoms with Crippen LogP contribution in [0.4, 0.5) is 5.82 Å². The minimum absolute atomic E-state index is 0.132. The van der Waals surface area contributed by atoms with Gasteiger partial charge < -0.3 is 14.2 Å². The number of nitrogens with one attached hydrogen (secondary N) is 1. The summed E-state index contributed by atoms with van der Waals surface area (Å²) in [5, 5.41) is 0. The van der Waals surface area contributed by atoms with Gasteiger partial charge in [0.15, 0.2) is 5.82 Å². The van der Waals surface area contributed by atoms with Crippen LogP contribution in [0.3, 0.4) is 0 Å². The lowest BCUT2D eigenvalue weighted by atomic mass is 10.0. The number of rotatable bonds is 9. The molecule has 11 nitrogen and oxygen atoms in total. The highest BCUT2D eigenvalue weighted by Crippen LogP contribution is 2.46. The zero-order valence-electron chi connectivity index (χ0n) is 19.1. The number of benzene rings is 1. The van der Waals surface area contributed by atoms with E-state index in [1.165, 1.54) is 10.6 Å². The van der Waals surface area contributed by atoms with Crippen molar-refractivity contribution in [3.05, 3.63) is 47.0 Å². The van der Waals surface area contributed by atoms with Gasteiger partial charge in [0.2, 0.25) is 5.88 Å². The molecule has 2 atom stereocenters. The second-order valence-corrected chi connectivity index (χ2v) is 11.5. The van der Waals surface area contributed by atoms with E-state index in [0.717, 1.165) is 28.6 Å². The summed E-state index contributed by atoms with van der Waals surface area (Å²) in [6.45, 7) is 1.97. The quantitative estimate of drug-likeness (QED) is 0.383. The molecule has 0 bridgehead atoms. The molecule has 2 aromatic heterocycles. The molecule has 0 unspecified atom stereocenters. The van der Waals surface area contributed by atoms with Gasteiger partial charge in [-0.1, -0.05) is 12.1 Å². The third-order valence-electron chi connectivity index (χ3n) is 6.46. The Morgan fingerprint density at radius 3 is 2.67 bits per heavy atom. The Hall–Kier alpha value is -3.03. The number of hydrogen-bond donors (Lipinski definition) is 1. The molecule has 1 saturated carbocycles. The molecule has 4 heterocycles. The average molecular weight is 575 g/mol. The van der Waals surface area contributed by atoms with Crippen molar-refractivity contribution in [1.29, 1.82) is 0 Å². The van der Waals surface area contributed by atoms with E-state index in [1.807, 2.05) is 18.2 Å². The van der Waals surface area contributed by atoms with Crippen molar-refractivity contribution in [3.8, 4) is 28.8 Å². The van der Waals surface area contributed by atoms with Gasteiger partial charge in [-0.3, -0.25) is 4.72 Å². The molecule has 36 heavy (non-hydrogen) atoms. The third-order valence-corrected chi connectivity index (χ3v) is 8.30. The number of ether oxygens (including phenoxy) is 3. The van der Waals surface area contributed by atoms with Crippen LogP contribution in [-0.4, -0.2) is 65.6 Å². The van der Waals surface area contributed by atoms with Crippen LogP contribution < -0.4 is 18.9 Å². The molecule has 2 aliphatic heterocycles. The van der Waals surface area contributed by atoms with Gasteiger partial charge in [0.05, 0.1) is 16.6 Å². The van der Waals surface area contributed by atoms with Crippen LogP contribution in [-0.2, 0) is 16.6 Å². The Morgan fingerprint density at radius 1 is 1.08 bits per heavy atom. The van der Waals surface area contributed by atoms with Crippen LogP contribution in [0.1, 0.15) is 12.0 Å². The van der Waals surface area contributed by atoms with Gasteiger partial charge in [-0.15, -0.1) is 0 Å². The van der Waals surface area contributed by atoms with Crippen LogP contribution in [0.25, 0.3) is 11.1 Å². The Morgan fingerprint density at radius 2 is 1.86 bits per heavy atom. The van der Waals surface area contributed by atoms with E-state index in [9.17, 15) is 8.42 Å². The van der Waals surface area contributed by atoms with E-state index in [1.54, 1.807) is 12.4 Å². The van der Waals surface area contributed by atoms with Crippen molar-refractivity contribution < 1.29 is 22.6 Å². The van der Waals surface area contributed by atoms with Crippen LogP contribution in [0.15, 0.2) is 41.4 Å². The number of nitrogens with zero attached hydrogens (tertiary/aromatic N) is 5. The summed E-state index contributed by atoms with van der Waals surface area (Å²) in [6, 6.07) is 5.95. The lowest BCUT2D eigenvalue weighted by Gasteiger charge is -2.20. The van der Waals surface area contributed by atoms with Crippen molar-refractivity contribution in [3.63, 3.8) is 0 Å². The average Bonchev–Trinajstić information content (AvgIpc) is 3.24. The SMILES string of the molecule is O=S(=O)(Nc1ncnc(OCCOc2ncc(Br)cn2)c1-c1ccc2c(c1)OCC2)N1C[C@H]2C[C@H]2C1. The first-order chi connectivity index (χ1) is 17.5. The van der Waals surface area contributed by atoms with Gasteiger partial charge in [0.1, 0.15) is 25.3 Å². The molecule has 1 saturated heterocycles. The second-order valence-electron chi connectivity index (χ2n) is 8.88. The van der Waals surface area contributed by atoms with Crippen molar-refractivity contribution in [1.82, 2.24) is 24.2 Å². The smallest absolute Gasteiger partial charge is 0.316 e. The highest BCUT2D eigenvalue weighted by Gasteiger charge is 2.49. The molecular weight excluding hydrogens is 552 g/mol. The fraction of sp³-hybridized carbons (Fsp3) is 0.391. The maximum absolute atomic E-state index is 13.1. The van der Waals surface area contributed by atoms with Crippen molar-refractivity contribution in [2.45, 2.75) is 12.8 Å². The van der Waals surface area contributed by atoms with Gasteiger partial charge in [-0.2, -0.15) is 12.7 Å². The Bertz CT molecular complexity index is 1380. The van der Waals surface area contributed by atoms with Crippen LogP contribution in [0, 0.1) is 11.8 Å². The topological polar surface area (TPSA) is 129 Å². The molecule has 1 N–H and O–H groups in total. The zero-order chi connectivity index (χ0) is 24.7. The van der Waals surface area contributed by atoms with Crippen LogP contribution in [0.5, 0.6) is 17.6 Å². The lowest BCUT2D eigenvalue weighted by molar-refractivity contribution is 0.202. The fourth-order valence-corrected chi connectivity index (χ4v) is 6.03. The van der Waals surface area contributed by atoms with E-state index in [4.69, 9.17) is 14.2 Å². The summed E-state index contributed by atoms with van der Waals surface area (Å²) in [4.78, 5) is 16.7. The number of halogens is 1. The van der Waals surface area contributed by atoms with Gasteiger partial charge in [0.25, 0.3) is 0 Å². The predicted molar refractivity (Wildman–Crippen MR) is 133 cm³/mol. The van der Waals surface area contributed by atoms with Gasteiger partial charge in [-0.25, -0.2) is 19.9 Å². The predicted octanol–water partition coefficient (Wildman–Crippen LogP) is 2.70. The van der Waals surface area contributed by atoms with Gasteiger partial charge in [0, 0.05) is 31.9 Å². The third kappa shape index (κ3) is 4.82. The van der Waals surface area contributed by atoms with E-state index in [2.05, 4.69) is 40.6 Å². The molecule has 3 aliphatic rings. The highest BCUT2D eigenvalue weighted by molar-refractivity contribution is 9.10. The summed E-state index contributed by atoms with van der Waals surface area (Å²) in [5.41, 5.74) is 2.22. The maximum Gasteiger partial charge on any atom is 0.316 e. The van der Waals surface area contributed by atoms with E-state index in [-0.39, 0.29) is 30.9 Å². The second kappa shape index (κ2) is 9.45. The summed E-state index contributed by atoms with van der Waals surface area (Å²) >= 11 is 3.28. The van der Waals surface area contributed by atoms with Crippen molar-refractivity contribution >= 4 is 32.0 Å². The molecule has 0 spiro atoms. The summed E-state index contributed by atoms with van der Waals surface area (Å²) in [6.07, 6.45) is 6.39. The molecule has 188 valence electrons. The molecule has 6 rings (SSSR count). The first-order valence-corrected chi connectivity index (χ1v) is 13.8. The molecule has 2 fully saturated rings. The molecule has 1 aromatic carbocycles. The van der Waals surface area contributed by atoms with Crippen molar-refractivity contribution in [2.75, 3.05) is 37.6 Å². The standard InChI is InChI=1S/C23H23BrN6O5S/c24-18-9-25-23(26-10-18)35-6-5-34-22-20(15-2-1-14-3-4-33-19(14)8-15)21(27-13-28-22)29-36(31,32)30-11-16-7-17(16)12-30/h1-2,8-10,13,16-17H,3-7,11-12H2,(H,27,28,29)/t16-,17+. The van der Waals surface area contributed by atoms with Crippen LogP contribution >= 0.6 is 15.9 Å². The number of anilines is 1. The molecule has 3 aromatic rings. The minimum atomic E-state index is -3.78. The first-order valence-electron chi connectivity index (χ1n) is 11.6. The van der Waals surface area contributed by atoms with Gasteiger partial charge in [-0.05, 0) is 51.4 Å². The number of hydrogen-bond acceptors (Lipinski definition) is 9.